The Bertz CT molecular complexity index is 1450. The Morgan fingerprint density at radius 3 is 2.41 bits per heavy atom. The molecule has 0 saturated carbocycles. The van der Waals surface area contributed by atoms with Gasteiger partial charge in [-0.3, -0.25) is 9.59 Å². The minimum Gasteiger partial charge on any atom is -0.508 e. The van der Waals surface area contributed by atoms with Crippen LogP contribution in [0.25, 0.3) is 5.76 Å². The summed E-state index contributed by atoms with van der Waals surface area (Å²) in [4.78, 5) is 27.6. The fourth-order valence-electron chi connectivity index (χ4n) is 4.45. The second kappa shape index (κ2) is 10.1. The number of aliphatic hydroxyl groups excluding tert-OH is 1. The third kappa shape index (κ3) is 4.97. The van der Waals surface area contributed by atoms with Gasteiger partial charge in [0.1, 0.15) is 29.6 Å². The number of benzene rings is 3. The maximum Gasteiger partial charge on any atom is 0.296 e. The van der Waals surface area contributed by atoms with Gasteiger partial charge in [-0.2, -0.15) is 0 Å². The molecule has 186 valence electrons. The lowest BCUT2D eigenvalue weighted by molar-refractivity contribution is -0.140. The molecule has 37 heavy (non-hydrogen) atoms. The number of Topliss-reactive ketones (excluding diaryl/α,β-unsaturated/α-hetero) is 1. The van der Waals surface area contributed by atoms with Crippen LogP contribution in [0.5, 0.6) is 11.5 Å². The number of aryl methyl sites for hydroxylation is 1. The van der Waals surface area contributed by atoms with Gasteiger partial charge < -0.3 is 24.3 Å². The molecule has 1 saturated heterocycles. The van der Waals surface area contributed by atoms with Gasteiger partial charge in [-0.25, -0.2) is 0 Å². The van der Waals surface area contributed by atoms with Crippen LogP contribution in [0.3, 0.4) is 0 Å². The Balaban J connectivity index is 1.46. The van der Waals surface area contributed by atoms with Crippen molar-refractivity contribution in [1.82, 2.24) is 4.90 Å². The van der Waals surface area contributed by atoms with E-state index in [2.05, 4.69) is 0 Å². The van der Waals surface area contributed by atoms with Crippen LogP contribution in [0.2, 0.25) is 0 Å². The number of likely N-dealkylation sites (tertiary alicyclic amines) is 1. The fourth-order valence-corrected chi connectivity index (χ4v) is 4.45. The smallest absolute Gasteiger partial charge is 0.296 e. The largest absolute Gasteiger partial charge is 0.508 e. The van der Waals surface area contributed by atoms with Crippen LogP contribution in [-0.4, -0.2) is 26.8 Å². The number of nitrogens with zero attached hydrogens (tertiary/aromatic N) is 1. The van der Waals surface area contributed by atoms with Crippen LogP contribution >= 0.6 is 0 Å². The predicted molar refractivity (Wildman–Crippen MR) is 137 cm³/mol. The van der Waals surface area contributed by atoms with Crippen LogP contribution in [0, 0.1) is 6.92 Å². The number of carbonyl (C=O) groups is 2. The Labute approximate surface area is 213 Å². The lowest BCUT2D eigenvalue weighted by Crippen LogP contribution is -2.29. The first-order chi connectivity index (χ1) is 17.9. The molecule has 0 radical (unpaired) electrons. The summed E-state index contributed by atoms with van der Waals surface area (Å²) < 4.78 is 11.3. The Hall–Kier alpha value is -4.78. The van der Waals surface area contributed by atoms with Crippen molar-refractivity contribution >= 4 is 17.4 Å². The summed E-state index contributed by atoms with van der Waals surface area (Å²) in [6.45, 7) is 2.46. The summed E-state index contributed by atoms with van der Waals surface area (Å²) in [6, 6.07) is 23.5. The number of amides is 1. The zero-order chi connectivity index (χ0) is 25.9. The first kappa shape index (κ1) is 23.9. The quantitative estimate of drug-likeness (QED) is 0.200. The zero-order valence-electron chi connectivity index (χ0n) is 20.1. The van der Waals surface area contributed by atoms with E-state index in [0.29, 0.717) is 29.2 Å². The van der Waals surface area contributed by atoms with Crippen LogP contribution in [0.4, 0.5) is 0 Å². The third-order valence-electron chi connectivity index (χ3n) is 6.27. The van der Waals surface area contributed by atoms with Crippen molar-refractivity contribution in [1.29, 1.82) is 0 Å². The number of furan rings is 1. The van der Waals surface area contributed by atoms with E-state index in [9.17, 15) is 19.8 Å². The van der Waals surface area contributed by atoms with E-state index in [1.54, 1.807) is 48.5 Å². The molecule has 1 atom stereocenters. The number of hydrogen-bond acceptors (Lipinski definition) is 6. The van der Waals surface area contributed by atoms with E-state index in [0.717, 1.165) is 11.1 Å². The van der Waals surface area contributed by atoms with Gasteiger partial charge in [-0.15, -0.1) is 0 Å². The molecule has 1 fully saturated rings. The van der Waals surface area contributed by atoms with E-state index >= 15 is 0 Å². The second-order valence-corrected chi connectivity index (χ2v) is 8.90. The van der Waals surface area contributed by atoms with Gasteiger partial charge in [0.05, 0.1) is 24.4 Å². The highest BCUT2D eigenvalue weighted by atomic mass is 16.5. The van der Waals surface area contributed by atoms with Gasteiger partial charge in [-0.05, 0) is 66.6 Å². The average Bonchev–Trinajstić information content (AvgIpc) is 3.50. The number of hydrogen-bond donors (Lipinski definition) is 2. The number of ether oxygens (including phenoxy) is 1. The van der Waals surface area contributed by atoms with Gasteiger partial charge in [0, 0.05) is 5.56 Å². The van der Waals surface area contributed by atoms with Crippen molar-refractivity contribution in [2.75, 3.05) is 0 Å². The summed E-state index contributed by atoms with van der Waals surface area (Å²) in [5.74, 6) is -0.667. The SMILES string of the molecule is Cc1cccc(COc2ccc(/C(O)=C3\C(=O)C(=O)N(Cc4ccco4)C3c3ccc(O)cc3)cc2)c1. The Kier molecular flexibility index (Phi) is 6.51. The Morgan fingerprint density at radius 1 is 0.973 bits per heavy atom. The lowest BCUT2D eigenvalue weighted by atomic mass is 9.95. The number of aromatic hydroxyl groups is 1. The fraction of sp³-hybridized carbons (Fsp3) is 0.133. The minimum absolute atomic E-state index is 0.0318. The number of carbonyl (C=O) groups excluding carboxylic acids is 2. The van der Waals surface area contributed by atoms with E-state index < -0.39 is 17.7 Å². The molecule has 7 heteroatoms. The van der Waals surface area contributed by atoms with Crippen LogP contribution in [0.1, 0.15) is 34.1 Å². The number of ketones is 1. The summed E-state index contributed by atoms with van der Waals surface area (Å²) in [7, 11) is 0. The molecule has 1 aliphatic rings. The van der Waals surface area contributed by atoms with E-state index in [1.807, 2.05) is 31.2 Å². The molecule has 0 spiro atoms. The summed E-state index contributed by atoms with van der Waals surface area (Å²) in [6.07, 6.45) is 1.49. The van der Waals surface area contributed by atoms with Gasteiger partial charge in [0.15, 0.2) is 0 Å². The highest BCUT2D eigenvalue weighted by Crippen LogP contribution is 2.40. The monoisotopic (exact) mass is 495 g/mol. The molecular weight excluding hydrogens is 470 g/mol. The second-order valence-electron chi connectivity index (χ2n) is 8.90. The molecule has 0 aliphatic carbocycles. The molecule has 5 rings (SSSR count). The van der Waals surface area contributed by atoms with Crippen molar-refractivity contribution in [2.45, 2.75) is 26.1 Å². The van der Waals surface area contributed by atoms with Crippen LogP contribution in [0.15, 0.2) is 101 Å². The van der Waals surface area contributed by atoms with E-state index in [1.165, 1.54) is 23.3 Å². The van der Waals surface area contributed by atoms with Gasteiger partial charge in [0.25, 0.3) is 11.7 Å². The number of aliphatic hydroxyl groups is 1. The summed E-state index contributed by atoms with van der Waals surface area (Å²) in [5.41, 5.74) is 3.10. The van der Waals surface area contributed by atoms with Crippen LogP contribution < -0.4 is 4.74 Å². The predicted octanol–water partition coefficient (Wildman–Crippen LogP) is 5.49. The number of rotatable bonds is 7. The molecule has 7 nitrogen and oxygen atoms in total. The van der Waals surface area contributed by atoms with Crippen LogP contribution in [-0.2, 0) is 22.7 Å². The number of phenolic OH excluding ortho intramolecular Hbond substituents is 1. The molecule has 1 aliphatic heterocycles. The molecular formula is C30H25NO6. The zero-order valence-corrected chi connectivity index (χ0v) is 20.1. The van der Waals surface area contributed by atoms with Crippen molar-refractivity contribution in [2.24, 2.45) is 0 Å². The molecule has 1 amide bonds. The highest BCUT2D eigenvalue weighted by Gasteiger charge is 2.46. The van der Waals surface area contributed by atoms with Gasteiger partial charge >= 0.3 is 0 Å². The molecule has 1 unspecified atom stereocenters. The molecule has 0 bridgehead atoms. The normalized spacial score (nSPS) is 16.8. The van der Waals surface area contributed by atoms with E-state index in [-0.39, 0.29) is 23.6 Å². The molecule has 1 aromatic heterocycles. The maximum absolute atomic E-state index is 13.1. The third-order valence-corrected chi connectivity index (χ3v) is 6.27. The first-order valence-corrected chi connectivity index (χ1v) is 11.8. The molecule has 3 aromatic carbocycles. The lowest BCUT2D eigenvalue weighted by Gasteiger charge is -2.24. The summed E-state index contributed by atoms with van der Waals surface area (Å²) >= 11 is 0. The molecule has 2 N–H and O–H groups in total. The molecule has 2 heterocycles. The average molecular weight is 496 g/mol. The number of phenols is 1. The minimum atomic E-state index is -0.858. The summed E-state index contributed by atoms with van der Waals surface area (Å²) in [5, 5.41) is 21.0. The topological polar surface area (TPSA) is 100 Å². The highest BCUT2D eigenvalue weighted by molar-refractivity contribution is 6.46. The van der Waals surface area contributed by atoms with Crippen molar-refractivity contribution in [3.63, 3.8) is 0 Å². The van der Waals surface area contributed by atoms with Crippen molar-refractivity contribution < 1.29 is 29.0 Å². The first-order valence-electron chi connectivity index (χ1n) is 11.8. The maximum atomic E-state index is 13.1. The molecule has 4 aromatic rings. The van der Waals surface area contributed by atoms with Crippen molar-refractivity contribution in [3.8, 4) is 11.5 Å². The van der Waals surface area contributed by atoms with Gasteiger partial charge in [-0.1, -0.05) is 42.0 Å². The van der Waals surface area contributed by atoms with E-state index in [4.69, 9.17) is 9.15 Å². The van der Waals surface area contributed by atoms with Gasteiger partial charge in [0.2, 0.25) is 0 Å². The van der Waals surface area contributed by atoms with Crippen molar-refractivity contribution in [3.05, 3.63) is 125 Å². The Morgan fingerprint density at radius 2 is 1.73 bits per heavy atom. The standard InChI is InChI=1S/C30H25NO6/c1-19-4-2-5-20(16-19)18-37-24-13-9-22(10-14-24)28(33)26-27(21-7-11-23(32)12-8-21)31(30(35)29(26)34)17-25-6-3-15-36-25/h2-16,27,32-33H,17-18H2,1H3/b28-26+.